The summed E-state index contributed by atoms with van der Waals surface area (Å²) in [5.41, 5.74) is 0. The highest BCUT2D eigenvalue weighted by atomic mass is 16.3. The van der Waals surface area contributed by atoms with Gasteiger partial charge < -0.3 is 9.59 Å². The fourth-order valence-electron chi connectivity index (χ4n) is 2.88. The van der Waals surface area contributed by atoms with Gasteiger partial charge in [0, 0.05) is 38.7 Å². The summed E-state index contributed by atoms with van der Waals surface area (Å²) in [5, 5.41) is 8.95. The third-order valence-corrected chi connectivity index (χ3v) is 3.85. The van der Waals surface area contributed by atoms with Crippen molar-refractivity contribution in [2.24, 2.45) is 0 Å². The molecule has 1 aliphatic carbocycles. The van der Waals surface area contributed by atoms with Crippen molar-refractivity contribution in [1.29, 1.82) is 0 Å². The molecule has 1 saturated heterocycles. The summed E-state index contributed by atoms with van der Waals surface area (Å²) in [6.07, 6.45) is 6.59. The molecule has 0 spiro atoms. The van der Waals surface area contributed by atoms with Crippen LogP contribution in [0.3, 0.4) is 0 Å². The lowest BCUT2D eigenvalue weighted by molar-refractivity contribution is -0.931. The second-order valence-electron chi connectivity index (χ2n) is 4.61. The highest BCUT2D eigenvalue weighted by Crippen LogP contribution is 2.40. The SMILES string of the molecule is C[N+]1(C2CC2)CCCC1CCO. The Labute approximate surface area is 74.8 Å². The van der Waals surface area contributed by atoms with Gasteiger partial charge in [0.2, 0.25) is 0 Å². The van der Waals surface area contributed by atoms with E-state index in [1.807, 2.05) is 0 Å². The summed E-state index contributed by atoms with van der Waals surface area (Å²) >= 11 is 0. The number of hydrogen-bond donors (Lipinski definition) is 1. The van der Waals surface area contributed by atoms with Crippen LogP contribution in [0, 0.1) is 0 Å². The van der Waals surface area contributed by atoms with Crippen LogP contribution < -0.4 is 0 Å². The quantitative estimate of drug-likeness (QED) is 0.630. The highest BCUT2D eigenvalue weighted by Gasteiger charge is 2.48. The molecule has 12 heavy (non-hydrogen) atoms. The maximum absolute atomic E-state index is 8.95. The van der Waals surface area contributed by atoms with Crippen LogP contribution in [0.2, 0.25) is 0 Å². The average molecular weight is 170 g/mol. The number of quaternary nitrogens is 1. The first-order valence-electron chi connectivity index (χ1n) is 5.23. The van der Waals surface area contributed by atoms with Gasteiger partial charge in [-0.1, -0.05) is 0 Å². The molecule has 2 heteroatoms. The van der Waals surface area contributed by atoms with E-state index in [9.17, 15) is 0 Å². The van der Waals surface area contributed by atoms with Gasteiger partial charge in [0.25, 0.3) is 0 Å². The van der Waals surface area contributed by atoms with Crippen LogP contribution in [0.5, 0.6) is 0 Å². The van der Waals surface area contributed by atoms with Crippen molar-refractivity contribution in [2.45, 2.75) is 44.2 Å². The molecule has 2 fully saturated rings. The first-order valence-corrected chi connectivity index (χ1v) is 5.23. The summed E-state index contributed by atoms with van der Waals surface area (Å²) in [5.74, 6) is 0. The van der Waals surface area contributed by atoms with E-state index in [0.29, 0.717) is 6.61 Å². The predicted octanol–water partition coefficient (Wildman–Crippen LogP) is 1.14. The molecular formula is C10H20NO+. The zero-order valence-corrected chi connectivity index (χ0v) is 8.00. The average Bonchev–Trinajstić information content (AvgIpc) is 2.82. The van der Waals surface area contributed by atoms with Gasteiger partial charge in [-0.05, 0) is 0 Å². The lowest BCUT2D eigenvalue weighted by Crippen LogP contribution is -2.50. The van der Waals surface area contributed by atoms with Crippen molar-refractivity contribution >= 4 is 0 Å². The lowest BCUT2D eigenvalue weighted by atomic mass is 10.1. The zero-order valence-electron chi connectivity index (χ0n) is 8.00. The Morgan fingerprint density at radius 2 is 2.08 bits per heavy atom. The maximum Gasteiger partial charge on any atom is 0.0914 e. The van der Waals surface area contributed by atoms with Gasteiger partial charge >= 0.3 is 0 Å². The Balaban J connectivity index is 2.01. The molecule has 2 unspecified atom stereocenters. The van der Waals surface area contributed by atoms with Crippen molar-refractivity contribution in [2.75, 3.05) is 20.2 Å². The predicted molar refractivity (Wildman–Crippen MR) is 48.8 cm³/mol. The summed E-state index contributed by atoms with van der Waals surface area (Å²) in [6.45, 7) is 1.74. The number of likely N-dealkylation sites (tertiary alicyclic amines) is 1. The number of aliphatic hydroxyl groups excluding tert-OH is 1. The van der Waals surface area contributed by atoms with Crippen LogP contribution >= 0.6 is 0 Å². The van der Waals surface area contributed by atoms with E-state index in [1.165, 1.54) is 36.7 Å². The molecular weight excluding hydrogens is 150 g/mol. The minimum atomic E-state index is 0.380. The van der Waals surface area contributed by atoms with E-state index in [0.717, 1.165) is 18.5 Å². The smallest absolute Gasteiger partial charge is 0.0914 e. The van der Waals surface area contributed by atoms with Gasteiger partial charge in [-0.3, -0.25) is 0 Å². The van der Waals surface area contributed by atoms with Crippen LogP contribution in [-0.2, 0) is 0 Å². The molecule has 0 bridgehead atoms. The Morgan fingerprint density at radius 1 is 1.33 bits per heavy atom. The topological polar surface area (TPSA) is 20.2 Å². The molecule has 2 atom stereocenters. The van der Waals surface area contributed by atoms with Crippen LogP contribution in [-0.4, -0.2) is 41.9 Å². The molecule has 0 aromatic rings. The molecule has 70 valence electrons. The molecule has 2 aliphatic rings. The van der Waals surface area contributed by atoms with E-state index in [1.54, 1.807) is 0 Å². The van der Waals surface area contributed by atoms with Crippen LogP contribution in [0.1, 0.15) is 32.1 Å². The molecule has 0 aromatic carbocycles. The van der Waals surface area contributed by atoms with E-state index in [4.69, 9.17) is 5.11 Å². The maximum atomic E-state index is 8.95. The second-order valence-corrected chi connectivity index (χ2v) is 4.61. The van der Waals surface area contributed by atoms with Gasteiger partial charge in [0.05, 0.1) is 25.7 Å². The third kappa shape index (κ3) is 1.27. The summed E-state index contributed by atoms with van der Waals surface area (Å²) in [7, 11) is 2.39. The Bertz CT molecular complexity index is 167. The number of aliphatic hydroxyl groups is 1. The summed E-state index contributed by atoms with van der Waals surface area (Å²) < 4.78 is 1.28. The molecule has 1 N–H and O–H groups in total. The summed E-state index contributed by atoms with van der Waals surface area (Å²) in [6, 6.07) is 1.71. The minimum Gasteiger partial charge on any atom is -0.396 e. The first kappa shape index (κ1) is 8.52. The second kappa shape index (κ2) is 3.00. The van der Waals surface area contributed by atoms with Crippen LogP contribution in [0.15, 0.2) is 0 Å². The van der Waals surface area contributed by atoms with Crippen molar-refractivity contribution in [3.05, 3.63) is 0 Å². The zero-order chi connectivity index (χ0) is 8.60. The van der Waals surface area contributed by atoms with Crippen LogP contribution in [0.25, 0.3) is 0 Å². The van der Waals surface area contributed by atoms with Crippen molar-refractivity contribution in [1.82, 2.24) is 0 Å². The van der Waals surface area contributed by atoms with E-state index < -0.39 is 0 Å². The molecule has 1 heterocycles. The van der Waals surface area contributed by atoms with Crippen molar-refractivity contribution in [3.8, 4) is 0 Å². The lowest BCUT2D eigenvalue weighted by Gasteiger charge is -2.36. The monoisotopic (exact) mass is 170 g/mol. The van der Waals surface area contributed by atoms with Gasteiger partial charge in [0.15, 0.2) is 0 Å². The fraction of sp³-hybridized carbons (Fsp3) is 1.00. The Morgan fingerprint density at radius 3 is 2.67 bits per heavy atom. The standard InChI is InChI=1S/C10H20NO/c1-11(10-4-5-10)7-2-3-9(11)6-8-12/h9-10,12H,2-8H2,1H3/q+1. The van der Waals surface area contributed by atoms with Crippen molar-refractivity contribution in [3.63, 3.8) is 0 Å². The molecule has 2 nitrogen and oxygen atoms in total. The number of nitrogens with zero attached hydrogens (tertiary/aromatic N) is 1. The van der Waals surface area contributed by atoms with Gasteiger partial charge in [0.1, 0.15) is 0 Å². The van der Waals surface area contributed by atoms with E-state index in [2.05, 4.69) is 7.05 Å². The number of hydrogen-bond acceptors (Lipinski definition) is 1. The third-order valence-electron chi connectivity index (χ3n) is 3.85. The molecule has 1 aliphatic heterocycles. The summed E-state index contributed by atoms with van der Waals surface area (Å²) in [4.78, 5) is 0. The van der Waals surface area contributed by atoms with E-state index in [-0.39, 0.29) is 0 Å². The normalized spacial score (nSPS) is 42.0. The largest absolute Gasteiger partial charge is 0.396 e. The molecule has 0 aromatic heterocycles. The molecule has 0 amide bonds. The fourth-order valence-corrected chi connectivity index (χ4v) is 2.88. The minimum absolute atomic E-state index is 0.380. The molecule has 1 saturated carbocycles. The Kier molecular flexibility index (Phi) is 2.13. The highest BCUT2D eigenvalue weighted by molar-refractivity contribution is 4.80. The van der Waals surface area contributed by atoms with Crippen molar-refractivity contribution < 1.29 is 9.59 Å². The van der Waals surface area contributed by atoms with Gasteiger partial charge in [-0.25, -0.2) is 0 Å². The van der Waals surface area contributed by atoms with E-state index >= 15 is 0 Å². The van der Waals surface area contributed by atoms with Gasteiger partial charge in [-0.15, -0.1) is 0 Å². The first-order chi connectivity index (χ1) is 5.77. The molecule has 0 radical (unpaired) electrons. The molecule has 2 rings (SSSR count). The van der Waals surface area contributed by atoms with Gasteiger partial charge in [-0.2, -0.15) is 0 Å². The van der Waals surface area contributed by atoms with Crippen LogP contribution in [0.4, 0.5) is 0 Å². The number of rotatable bonds is 3. The Hall–Kier alpha value is -0.0800.